The quantitative estimate of drug-likeness (QED) is 0.217. The van der Waals surface area contributed by atoms with Gasteiger partial charge in [-0.3, -0.25) is 4.79 Å². The van der Waals surface area contributed by atoms with Crippen LogP contribution in [0.15, 0.2) is 66.7 Å². The highest BCUT2D eigenvalue weighted by atomic mass is 32.1. The number of aryl methyl sites for hydroxylation is 1. The van der Waals surface area contributed by atoms with Gasteiger partial charge in [0.25, 0.3) is 0 Å². The van der Waals surface area contributed by atoms with Crippen LogP contribution in [0, 0.1) is 6.92 Å². The molecule has 0 bridgehead atoms. The summed E-state index contributed by atoms with van der Waals surface area (Å²) in [5, 5.41) is 0.715. The molecular formula is C31H28N2O5S. The molecule has 0 unspecified atom stereocenters. The number of ketones is 1. The lowest BCUT2D eigenvalue weighted by Gasteiger charge is -2.13. The lowest BCUT2D eigenvalue weighted by molar-refractivity contribution is 0.104. The molecule has 2 aromatic heterocycles. The number of anilines is 1. The molecule has 5 rings (SSSR count). The summed E-state index contributed by atoms with van der Waals surface area (Å²) >= 11 is 1.29. The fraction of sp³-hybridized carbons (Fsp3) is 0.161. The van der Waals surface area contributed by atoms with Crippen molar-refractivity contribution in [2.75, 3.05) is 34.2 Å². The molecule has 0 aliphatic carbocycles. The number of aromatic nitrogens is 1. The number of carbonyl (C=O) groups is 1. The number of hydrogen-bond acceptors (Lipinski definition) is 8. The molecular weight excluding hydrogens is 512 g/mol. The van der Waals surface area contributed by atoms with Crippen LogP contribution in [0.4, 0.5) is 5.69 Å². The molecule has 8 heteroatoms. The van der Waals surface area contributed by atoms with E-state index in [9.17, 15) is 4.79 Å². The van der Waals surface area contributed by atoms with Crippen molar-refractivity contribution in [3.05, 3.63) is 82.7 Å². The Kier molecular flexibility index (Phi) is 7.13. The van der Waals surface area contributed by atoms with E-state index in [1.165, 1.54) is 11.3 Å². The number of fused-ring (bicyclic) bond motifs is 1. The number of benzene rings is 3. The molecule has 0 spiro atoms. The number of rotatable bonds is 8. The molecule has 2 heterocycles. The molecule has 0 fully saturated rings. The predicted molar refractivity (Wildman–Crippen MR) is 156 cm³/mol. The first-order valence-corrected chi connectivity index (χ1v) is 13.0. The molecule has 0 atom stereocenters. The molecule has 198 valence electrons. The molecule has 2 N–H and O–H groups in total. The van der Waals surface area contributed by atoms with Crippen molar-refractivity contribution in [1.82, 2.24) is 4.98 Å². The third-order valence-corrected chi connectivity index (χ3v) is 7.69. The normalized spacial score (nSPS) is 10.9. The van der Waals surface area contributed by atoms with Crippen LogP contribution >= 0.6 is 11.3 Å². The van der Waals surface area contributed by atoms with E-state index >= 15 is 0 Å². The molecule has 3 aromatic carbocycles. The topological polar surface area (TPSA) is 92.9 Å². The van der Waals surface area contributed by atoms with Crippen LogP contribution in [-0.2, 0) is 0 Å². The smallest absolute Gasteiger partial charge is 0.205 e. The average molecular weight is 541 g/mol. The molecule has 0 aliphatic rings. The van der Waals surface area contributed by atoms with Crippen molar-refractivity contribution in [3.8, 4) is 45.4 Å². The van der Waals surface area contributed by atoms with E-state index < -0.39 is 0 Å². The molecule has 0 amide bonds. The summed E-state index contributed by atoms with van der Waals surface area (Å²) in [7, 11) is 6.38. The number of hydrogen-bond donors (Lipinski definition) is 1. The van der Waals surface area contributed by atoms with Gasteiger partial charge in [0.2, 0.25) is 5.78 Å². The van der Waals surface area contributed by atoms with Crippen molar-refractivity contribution in [3.63, 3.8) is 0 Å². The number of pyridine rings is 1. The van der Waals surface area contributed by atoms with Gasteiger partial charge in [-0.25, -0.2) is 4.98 Å². The van der Waals surface area contributed by atoms with Crippen LogP contribution in [0.1, 0.15) is 20.8 Å². The van der Waals surface area contributed by atoms with E-state index in [1.807, 2.05) is 73.7 Å². The van der Waals surface area contributed by atoms with Gasteiger partial charge in [0, 0.05) is 16.5 Å². The summed E-state index contributed by atoms with van der Waals surface area (Å²) < 4.78 is 21.9. The van der Waals surface area contributed by atoms with Crippen molar-refractivity contribution in [2.24, 2.45) is 0 Å². The fourth-order valence-electron chi connectivity index (χ4n) is 4.50. The Morgan fingerprint density at radius 3 is 1.90 bits per heavy atom. The maximum Gasteiger partial charge on any atom is 0.205 e. The van der Waals surface area contributed by atoms with Gasteiger partial charge >= 0.3 is 0 Å². The minimum Gasteiger partial charge on any atom is -0.493 e. The Morgan fingerprint density at radius 1 is 0.744 bits per heavy atom. The van der Waals surface area contributed by atoms with E-state index in [0.717, 1.165) is 22.3 Å². The van der Waals surface area contributed by atoms with Crippen LogP contribution in [0.2, 0.25) is 0 Å². The largest absolute Gasteiger partial charge is 0.493 e. The summed E-state index contributed by atoms with van der Waals surface area (Å²) in [6.07, 6.45) is 0. The van der Waals surface area contributed by atoms with E-state index in [1.54, 1.807) is 28.4 Å². The highest BCUT2D eigenvalue weighted by molar-refractivity contribution is 7.21. The average Bonchev–Trinajstić information content (AvgIpc) is 3.31. The molecule has 0 radical (unpaired) electrons. The van der Waals surface area contributed by atoms with E-state index in [2.05, 4.69) is 0 Å². The Bertz CT molecular complexity index is 1690. The van der Waals surface area contributed by atoms with Crippen LogP contribution in [-0.4, -0.2) is 39.2 Å². The standard InChI is InChI=1S/C31H28N2O5S/c1-17-6-8-18(9-7-17)29(34)30-28(32)27-21(19-10-12-23(35-2)25(14-19)37-4)16-22(33-31(27)39-30)20-11-13-24(36-3)26(15-20)38-5/h6-16H,32H2,1-5H3. The van der Waals surface area contributed by atoms with Crippen LogP contribution in [0.5, 0.6) is 23.0 Å². The van der Waals surface area contributed by atoms with Crippen molar-refractivity contribution in [2.45, 2.75) is 6.92 Å². The third-order valence-electron chi connectivity index (χ3n) is 6.59. The van der Waals surface area contributed by atoms with Gasteiger partial charge in [0.1, 0.15) is 9.71 Å². The number of nitrogens with two attached hydrogens (primary N) is 1. The van der Waals surface area contributed by atoms with E-state index in [0.29, 0.717) is 55.0 Å². The van der Waals surface area contributed by atoms with Crippen LogP contribution in [0.25, 0.3) is 32.6 Å². The zero-order chi connectivity index (χ0) is 27.7. The van der Waals surface area contributed by atoms with Gasteiger partial charge in [-0.1, -0.05) is 35.9 Å². The second kappa shape index (κ2) is 10.7. The highest BCUT2D eigenvalue weighted by Gasteiger charge is 2.23. The first-order valence-electron chi connectivity index (χ1n) is 12.2. The second-order valence-corrected chi connectivity index (χ2v) is 9.91. The van der Waals surface area contributed by atoms with Crippen LogP contribution in [0.3, 0.4) is 0 Å². The Hall–Kier alpha value is -4.56. The summed E-state index contributed by atoms with van der Waals surface area (Å²) in [6.45, 7) is 1.98. The van der Waals surface area contributed by atoms with Gasteiger partial charge in [0.05, 0.1) is 39.8 Å². The van der Waals surface area contributed by atoms with Crippen molar-refractivity contribution < 1.29 is 23.7 Å². The van der Waals surface area contributed by atoms with Gasteiger partial charge in [-0.2, -0.15) is 0 Å². The summed E-state index contributed by atoms with van der Waals surface area (Å²) in [5.74, 6) is 2.26. The minimum absolute atomic E-state index is 0.138. The number of ether oxygens (including phenoxy) is 4. The lowest BCUT2D eigenvalue weighted by Crippen LogP contribution is -2.02. The third kappa shape index (κ3) is 4.75. The van der Waals surface area contributed by atoms with E-state index in [4.69, 9.17) is 29.7 Å². The van der Waals surface area contributed by atoms with Gasteiger partial charge < -0.3 is 24.7 Å². The van der Waals surface area contributed by atoms with Gasteiger partial charge in [-0.05, 0) is 54.4 Å². The SMILES string of the molecule is COc1ccc(-c2cc(-c3ccc(OC)c(OC)c3)c3c(N)c(C(=O)c4ccc(C)cc4)sc3n2)cc1OC. The van der Waals surface area contributed by atoms with Gasteiger partial charge in [-0.15, -0.1) is 11.3 Å². The summed E-state index contributed by atoms with van der Waals surface area (Å²) in [6, 6.07) is 20.7. The molecule has 0 saturated carbocycles. The first-order chi connectivity index (χ1) is 18.9. The summed E-state index contributed by atoms with van der Waals surface area (Å²) in [5.41, 5.74) is 11.9. The number of methoxy groups -OCH3 is 4. The minimum atomic E-state index is -0.138. The number of thiophene rings is 1. The van der Waals surface area contributed by atoms with Crippen molar-refractivity contribution in [1.29, 1.82) is 0 Å². The Morgan fingerprint density at radius 2 is 1.31 bits per heavy atom. The molecule has 5 aromatic rings. The molecule has 0 saturated heterocycles. The second-order valence-electron chi connectivity index (χ2n) is 8.91. The zero-order valence-corrected chi connectivity index (χ0v) is 23.1. The monoisotopic (exact) mass is 540 g/mol. The predicted octanol–water partition coefficient (Wildman–Crippen LogP) is 6.79. The molecule has 0 aliphatic heterocycles. The highest BCUT2D eigenvalue weighted by Crippen LogP contribution is 2.44. The zero-order valence-electron chi connectivity index (χ0n) is 22.3. The Balaban J connectivity index is 1.76. The summed E-state index contributed by atoms with van der Waals surface area (Å²) in [4.78, 5) is 19.6. The van der Waals surface area contributed by atoms with Gasteiger partial charge in [0.15, 0.2) is 23.0 Å². The van der Waals surface area contributed by atoms with Crippen LogP contribution < -0.4 is 24.7 Å². The number of nitrogens with zero attached hydrogens (tertiary/aromatic N) is 1. The fourth-order valence-corrected chi connectivity index (χ4v) is 5.58. The molecule has 7 nitrogen and oxygen atoms in total. The van der Waals surface area contributed by atoms with Crippen molar-refractivity contribution >= 4 is 33.0 Å². The number of carbonyl (C=O) groups excluding carboxylic acids is 1. The lowest BCUT2D eigenvalue weighted by atomic mass is 9.98. The Labute approximate surface area is 230 Å². The maximum absolute atomic E-state index is 13.5. The number of nitrogen functional groups attached to an aromatic ring is 1. The van der Waals surface area contributed by atoms with E-state index in [-0.39, 0.29) is 5.78 Å². The maximum atomic E-state index is 13.5. The molecule has 39 heavy (non-hydrogen) atoms. The first kappa shape index (κ1) is 26.1.